The van der Waals surface area contributed by atoms with E-state index in [1.807, 2.05) is 12.3 Å². The molecule has 0 aromatic carbocycles. The Balaban J connectivity index is 2.95. The third-order valence-corrected chi connectivity index (χ3v) is 2.26. The van der Waals surface area contributed by atoms with E-state index >= 15 is 0 Å². The van der Waals surface area contributed by atoms with Crippen molar-refractivity contribution < 1.29 is 5.73 Å². The van der Waals surface area contributed by atoms with Gasteiger partial charge in [-0.3, -0.25) is 0 Å². The zero-order chi connectivity index (χ0) is 8.97. The Morgan fingerprint density at radius 1 is 1.67 bits per heavy atom. The second kappa shape index (κ2) is 4.18. The van der Waals surface area contributed by atoms with Crippen LogP contribution >= 0.6 is 11.9 Å². The topological polar surface area (TPSA) is 39.7 Å². The van der Waals surface area contributed by atoms with Crippen molar-refractivity contribution in [2.75, 3.05) is 0 Å². The van der Waals surface area contributed by atoms with Crippen LogP contribution in [0, 0.1) is 0 Å². The van der Waals surface area contributed by atoms with Crippen LogP contribution in [0.15, 0.2) is 47.2 Å². The molecule has 0 atom stereocenters. The summed E-state index contributed by atoms with van der Waals surface area (Å²) in [6.45, 7) is 5.71. The molecule has 0 fully saturated rings. The van der Waals surface area contributed by atoms with Crippen LogP contribution in [0.1, 0.15) is 6.92 Å². The van der Waals surface area contributed by atoms with Crippen LogP contribution in [0.25, 0.3) is 0 Å². The molecule has 3 heteroatoms. The van der Waals surface area contributed by atoms with Crippen LogP contribution < -0.4 is 10.5 Å². The van der Waals surface area contributed by atoms with Gasteiger partial charge in [-0.1, -0.05) is 12.7 Å². The van der Waals surface area contributed by atoms with Gasteiger partial charge < -0.3 is 10.5 Å². The first kappa shape index (κ1) is 9.16. The Morgan fingerprint density at radius 2 is 2.42 bits per heavy atom. The first-order valence-corrected chi connectivity index (χ1v) is 4.53. The summed E-state index contributed by atoms with van der Waals surface area (Å²) >= 11 is 1.61. The Bertz CT molecular complexity index is 274. The fourth-order valence-electron chi connectivity index (χ4n) is 0.938. The largest absolute Gasteiger partial charge is 0.331 e. The molecule has 0 unspecified atom stereocenters. The first-order chi connectivity index (χ1) is 5.77. The normalized spacial score (nSPS) is 23.7. The summed E-state index contributed by atoms with van der Waals surface area (Å²) in [4.78, 5) is 1.24. The number of rotatable bonds is 1. The van der Waals surface area contributed by atoms with Crippen LogP contribution in [0.5, 0.6) is 0 Å². The van der Waals surface area contributed by atoms with Gasteiger partial charge in [-0.2, -0.15) is 0 Å². The first-order valence-electron chi connectivity index (χ1n) is 3.71. The van der Waals surface area contributed by atoms with Gasteiger partial charge >= 0.3 is 0 Å². The van der Waals surface area contributed by atoms with Gasteiger partial charge in [0.2, 0.25) is 0 Å². The maximum Gasteiger partial charge on any atom is 0.100 e. The van der Waals surface area contributed by atoms with Crippen LogP contribution in [0.3, 0.4) is 0 Å². The second-order valence-electron chi connectivity index (χ2n) is 2.43. The highest BCUT2D eigenvalue weighted by atomic mass is 32.2. The van der Waals surface area contributed by atoms with Crippen molar-refractivity contribution in [3.8, 4) is 0 Å². The van der Waals surface area contributed by atoms with E-state index in [0.29, 0.717) is 0 Å². The van der Waals surface area contributed by atoms with Gasteiger partial charge in [0.15, 0.2) is 0 Å². The van der Waals surface area contributed by atoms with Crippen LogP contribution in [0.4, 0.5) is 0 Å². The smallest absolute Gasteiger partial charge is 0.100 e. The quantitative estimate of drug-likeness (QED) is 0.599. The van der Waals surface area contributed by atoms with E-state index < -0.39 is 0 Å². The monoisotopic (exact) mass is 181 g/mol. The molecule has 0 aromatic rings. The molecular formula is C9H13N2S+. The van der Waals surface area contributed by atoms with E-state index in [2.05, 4.69) is 30.0 Å². The van der Waals surface area contributed by atoms with Crippen molar-refractivity contribution in [1.82, 2.24) is 4.72 Å². The van der Waals surface area contributed by atoms with Crippen molar-refractivity contribution in [1.29, 1.82) is 0 Å². The minimum absolute atomic E-state index is 1.07. The van der Waals surface area contributed by atoms with Crippen molar-refractivity contribution in [2.45, 2.75) is 6.92 Å². The summed E-state index contributed by atoms with van der Waals surface area (Å²) in [6, 6.07) is 0. The fraction of sp³-hybridized carbons (Fsp3) is 0.111. The van der Waals surface area contributed by atoms with Crippen LogP contribution in [0.2, 0.25) is 0 Å². The number of hydrogen-bond donors (Lipinski definition) is 2. The standard InChI is InChI=1S/C9H12N2S/c1-3-4-9-8(6-10)5-7(2)12-11-9/h3-6,11H,1,10H2,2H3/p+1. The summed E-state index contributed by atoms with van der Waals surface area (Å²) in [7, 11) is 0. The van der Waals surface area contributed by atoms with E-state index in [0.717, 1.165) is 11.3 Å². The van der Waals surface area contributed by atoms with Crippen molar-refractivity contribution >= 4 is 11.9 Å². The molecule has 4 N–H and O–H groups in total. The molecule has 1 rings (SSSR count). The average molecular weight is 181 g/mol. The lowest BCUT2D eigenvalue weighted by Gasteiger charge is -2.15. The van der Waals surface area contributed by atoms with Crippen LogP contribution in [-0.4, -0.2) is 0 Å². The molecule has 0 saturated heterocycles. The molecular weight excluding hydrogens is 168 g/mol. The number of hydrogen-bond acceptors (Lipinski definition) is 2. The maximum absolute atomic E-state index is 3.75. The molecule has 0 saturated carbocycles. The Kier molecular flexibility index (Phi) is 3.19. The molecule has 0 radical (unpaired) electrons. The van der Waals surface area contributed by atoms with Gasteiger partial charge in [0.1, 0.15) is 6.20 Å². The minimum atomic E-state index is 1.07. The van der Waals surface area contributed by atoms with Gasteiger partial charge in [0.05, 0.1) is 11.3 Å². The Morgan fingerprint density at radius 3 is 3.00 bits per heavy atom. The van der Waals surface area contributed by atoms with Crippen molar-refractivity contribution in [3.63, 3.8) is 0 Å². The molecule has 1 heterocycles. The lowest BCUT2D eigenvalue weighted by atomic mass is 10.2. The van der Waals surface area contributed by atoms with Gasteiger partial charge in [-0.05, 0) is 31.0 Å². The van der Waals surface area contributed by atoms with Gasteiger partial charge in [0, 0.05) is 4.91 Å². The molecule has 2 nitrogen and oxygen atoms in total. The molecule has 0 spiro atoms. The average Bonchev–Trinajstić information content (AvgIpc) is 2.08. The number of allylic oxidation sites excluding steroid dienone is 4. The summed E-state index contributed by atoms with van der Waals surface area (Å²) in [5.41, 5.74) is 5.93. The van der Waals surface area contributed by atoms with Gasteiger partial charge in [0.25, 0.3) is 0 Å². The molecule has 1 aliphatic rings. The third-order valence-electron chi connectivity index (χ3n) is 1.50. The highest BCUT2D eigenvalue weighted by Gasteiger charge is 2.09. The summed E-state index contributed by atoms with van der Waals surface area (Å²) in [5, 5.41) is 0. The van der Waals surface area contributed by atoms with E-state index in [1.54, 1.807) is 18.0 Å². The molecule has 0 bridgehead atoms. The second-order valence-corrected chi connectivity index (χ2v) is 3.49. The summed E-state index contributed by atoms with van der Waals surface area (Å²) in [5.74, 6) is 0. The van der Waals surface area contributed by atoms with Gasteiger partial charge in [-0.25, -0.2) is 0 Å². The molecule has 1 aliphatic heterocycles. The highest BCUT2D eigenvalue weighted by Crippen LogP contribution is 2.24. The van der Waals surface area contributed by atoms with Crippen molar-refractivity contribution in [3.05, 3.63) is 47.2 Å². The lowest BCUT2D eigenvalue weighted by molar-refractivity contribution is -0.275. The SMILES string of the molecule is C=CC=C1NSC(C)=CC1=C[NH3+]. The van der Waals surface area contributed by atoms with Crippen molar-refractivity contribution in [2.24, 2.45) is 0 Å². The molecule has 0 aliphatic carbocycles. The van der Waals surface area contributed by atoms with E-state index in [1.165, 1.54) is 4.91 Å². The number of nitrogens with one attached hydrogen (secondary N) is 1. The fourth-order valence-corrected chi connectivity index (χ4v) is 1.58. The van der Waals surface area contributed by atoms with Crippen LogP contribution in [-0.2, 0) is 0 Å². The number of quaternary nitrogens is 1. The summed E-state index contributed by atoms with van der Waals surface area (Å²) in [6.07, 6.45) is 7.64. The zero-order valence-electron chi connectivity index (χ0n) is 7.13. The van der Waals surface area contributed by atoms with Gasteiger partial charge in [-0.15, -0.1) is 0 Å². The molecule has 64 valence electrons. The third kappa shape index (κ3) is 2.03. The Labute approximate surface area is 77.0 Å². The molecule has 0 amide bonds. The lowest BCUT2D eigenvalue weighted by Crippen LogP contribution is -2.40. The maximum atomic E-state index is 3.75. The minimum Gasteiger partial charge on any atom is -0.331 e. The highest BCUT2D eigenvalue weighted by molar-refractivity contribution is 8.01. The predicted octanol–water partition coefficient (Wildman–Crippen LogP) is 1.34. The zero-order valence-corrected chi connectivity index (χ0v) is 7.95. The Hall–Kier alpha value is -0.930. The van der Waals surface area contributed by atoms with E-state index in [4.69, 9.17) is 0 Å². The van der Waals surface area contributed by atoms with E-state index in [9.17, 15) is 0 Å². The molecule has 0 aromatic heterocycles. The van der Waals surface area contributed by atoms with E-state index in [-0.39, 0.29) is 0 Å². The predicted molar refractivity (Wildman–Crippen MR) is 53.7 cm³/mol. The summed E-state index contributed by atoms with van der Waals surface area (Å²) < 4.78 is 3.20. The molecule has 12 heavy (non-hydrogen) atoms.